The third-order valence-electron chi connectivity index (χ3n) is 3.54. The Morgan fingerprint density at radius 1 is 1.00 bits per heavy atom. The maximum Gasteiger partial charge on any atom is 0.264 e. The number of hydrogen-bond acceptors (Lipinski definition) is 4. The van der Waals surface area contributed by atoms with Crippen LogP contribution in [0.2, 0.25) is 0 Å². The number of sulfonamides is 1. The average Bonchev–Trinajstić information content (AvgIpc) is 2.53. The lowest BCUT2D eigenvalue weighted by molar-refractivity contribution is 0.171. The molecule has 1 aliphatic rings. The summed E-state index contributed by atoms with van der Waals surface area (Å²) in [7, 11) is -2.07. The molecule has 6 heteroatoms. The molecular formula is C16H17NO4S. The zero-order chi connectivity index (χ0) is 15.7. The highest BCUT2D eigenvalue weighted by Gasteiger charge is 2.23. The molecule has 0 saturated heterocycles. The number of ether oxygens (including phenoxy) is 2. The molecule has 0 amide bonds. The van der Waals surface area contributed by atoms with E-state index in [9.17, 15) is 8.42 Å². The molecule has 1 aliphatic heterocycles. The quantitative estimate of drug-likeness (QED) is 0.872. The van der Waals surface area contributed by atoms with Gasteiger partial charge in [0.05, 0.1) is 10.6 Å². The molecule has 22 heavy (non-hydrogen) atoms. The zero-order valence-corrected chi connectivity index (χ0v) is 13.3. The smallest absolute Gasteiger partial charge is 0.264 e. The molecule has 0 aromatic heterocycles. The van der Waals surface area contributed by atoms with Gasteiger partial charge in [0.15, 0.2) is 11.5 Å². The molecule has 0 unspecified atom stereocenters. The van der Waals surface area contributed by atoms with Crippen LogP contribution >= 0.6 is 0 Å². The molecule has 0 saturated carbocycles. The summed E-state index contributed by atoms with van der Waals surface area (Å²) in [6.07, 6.45) is 0. The number of aryl methyl sites for hydroxylation is 1. The number of benzene rings is 2. The lowest BCUT2D eigenvalue weighted by Gasteiger charge is -2.23. The van der Waals surface area contributed by atoms with Gasteiger partial charge in [0.1, 0.15) is 13.2 Å². The fourth-order valence-electron chi connectivity index (χ4n) is 2.30. The van der Waals surface area contributed by atoms with Crippen molar-refractivity contribution in [3.05, 3.63) is 48.0 Å². The van der Waals surface area contributed by atoms with E-state index in [1.807, 2.05) is 13.0 Å². The van der Waals surface area contributed by atoms with Gasteiger partial charge in [-0.3, -0.25) is 4.31 Å². The van der Waals surface area contributed by atoms with Crippen LogP contribution in [0.4, 0.5) is 5.69 Å². The summed E-state index contributed by atoms with van der Waals surface area (Å²) >= 11 is 0. The van der Waals surface area contributed by atoms with Crippen molar-refractivity contribution in [1.29, 1.82) is 0 Å². The largest absolute Gasteiger partial charge is 0.486 e. The van der Waals surface area contributed by atoms with Crippen LogP contribution in [0.1, 0.15) is 5.56 Å². The van der Waals surface area contributed by atoms with E-state index in [1.54, 1.807) is 36.4 Å². The molecule has 0 bridgehead atoms. The summed E-state index contributed by atoms with van der Waals surface area (Å²) in [6.45, 7) is 2.83. The van der Waals surface area contributed by atoms with Gasteiger partial charge in [0.25, 0.3) is 10.0 Å². The van der Waals surface area contributed by atoms with E-state index in [0.29, 0.717) is 30.4 Å². The predicted molar refractivity (Wildman–Crippen MR) is 84.2 cm³/mol. The molecule has 2 aromatic rings. The highest BCUT2D eigenvalue weighted by molar-refractivity contribution is 7.92. The Morgan fingerprint density at radius 2 is 1.73 bits per heavy atom. The summed E-state index contributed by atoms with van der Waals surface area (Å²) in [4.78, 5) is 0.268. The van der Waals surface area contributed by atoms with E-state index in [1.165, 1.54) is 11.4 Å². The first-order chi connectivity index (χ1) is 10.5. The average molecular weight is 319 g/mol. The Morgan fingerprint density at radius 3 is 2.45 bits per heavy atom. The number of rotatable bonds is 3. The van der Waals surface area contributed by atoms with Gasteiger partial charge in [0, 0.05) is 13.1 Å². The molecule has 5 nitrogen and oxygen atoms in total. The highest BCUT2D eigenvalue weighted by Crippen LogP contribution is 2.35. The van der Waals surface area contributed by atoms with E-state index in [-0.39, 0.29) is 4.90 Å². The van der Waals surface area contributed by atoms with Crippen molar-refractivity contribution in [2.75, 3.05) is 24.6 Å². The summed E-state index contributed by atoms with van der Waals surface area (Å²) in [6, 6.07) is 12.0. The van der Waals surface area contributed by atoms with Crippen LogP contribution in [0.3, 0.4) is 0 Å². The molecule has 1 heterocycles. The van der Waals surface area contributed by atoms with E-state index >= 15 is 0 Å². The van der Waals surface area contributed by atoms with Crippen molar-refractivity contribution in [1.82, 2.24) is 0 Å². The van der Waals surface area contributed by atoms with Gasteiger partial charge < -0.3 is 9.47 Å². The SMILES string of the molecule is Cc1cccc(S(=O)(=O)N(C)c2ccc3c(c2)OCCO3)c1. The Labute approximate surface area is 130 Å². The Balaban J connectivity index is 1.97. The second-order valence-corrected chi connectivity index (χ2v) is 7.09. The second kappa shape index (κ2) is 5.53. The van der Waals surface area contributed by atoms with Gasteiger partial charge in [0.2, 0.25) is 0 Å². The van der Waals surface area contributed by atoms with Crippen molar-refractivity contribution in [2.45, 2.75) is 11.8 Å². The van der Waals surface area contributed by atoms with Crippen molar-refractivity contribution < 1.29 is 17.9 Å². The monoisotopic (exact) mass is 319 g/mol. The fourth-order valence-corrected chi connectivity index (χ4v) is 3.59. The summed E-state index contributed by atoms with van der Waals surface area (Å²) in [5, 5.41) is 0. The van der Waals surface area contributed by atoms with E-state index in [0.717, 1.165) is 5.56 Å². The number of hydrogen-bond donors (Lipinski definition) is 0. The maximum absolute atomic E-state index is 12.7. The molecular weight excluding hydrogens is 302 g/mol. The number of nitrogens with zero attached hydrogens (tertiary/aromatic N) is 1. The highest BCUT2D eigenvalue weighted by atomic mass is 32.2. The third kappa shape index (κ3) is 2.62. The summed E-state index contributed by atoms with van der Waals surface area (Å²) in [5.41, 5.74) is 1.43. The van der Waals surface area contributed by atoms with Crippen LogP contribution in [0.15, 0.2) is 47.4 Å². The van der Waals surface area contributed by atoms with Crippen molar-refractivity contribution in [3.8, 4) is 11.5 Å². The maximum atomic E-state index is 12.7. The first-order valence-electron chi connectivity index (χ1n) is 6.94. The van der Waals surface area contributed by atoms with E-state index in [2.05, 4.69) is 0 Å². The van der Waals surface area contributed by atoms with Crippen LogP contribution in [-0.2, 0) is 10.0 Å². The molecule has 0 fully saturated rings. The first-order valence-corrected chi connectivity index (χ1v) is 8.38. The Bertz CT molecular complexity index is 802. The molecule has 0 spiro atoms. The van der Waals surface area contributed by atoms with Crippen LogP contribution < -0.4 is 13.8 Å². The van der Waals surface area contributed by atoms with Crippen LogP contribution in [-0.4, -0.2) is 28.7 Å². The van der Waals surface area contributed by atoms with Crippen LogP contribution in [0, 0.1) is 6.92 Å². The standard InChI is InChI=1S/C16H17NO4S/c1-12-4-3-5-14(10-12)22(18,19)17(2)13-6-7-15-16(11-13)21-9-8-20-15/h3-7,10-11H,8-9H2,1-2H3. The minimum atomic E-state index is -3.60. The minimum Gasteiger partial charge on any atom is -0.486 e. The molecule has 0 atom stereocenters. The third-order valence-corrected chi connectivity index (χ3v) is 5.32. The molecule has 0 N–H and O–H groups in total. The Kier molecular flexibility index (Phi) is 3.70. The summed E-state index contributed by atoms with van der Waals surface area (Å²) < 4.78 is 37.6. The van der Waals surface area contributed by atoms with Gasteiger partial charge in [-0.2, -0.15) is 0 Å². The number of fused-ring (bicyclic) bond motifs is 1. The fraction of sp³-hybridized carbons (Fsp3) is 0.250. The molecule has 0 radical (unpaired) electrons. The summed E-state index contributed by atoms with van der Waals surface area (Å²) in [5.74, 6) is 1.20. The van der Waals surface area contributed by atoms with Gasteiger partial charge >= 0.3 is 0 Å². The molecule has 0 aliphatic carbocycles. The van der Waals surface area contributed by atoms with Gasteiger partial charge in [-0.25, -0.2) is 8.42 Å². The van der Waals surface area contributed by atoms with Crippen LogP contribution in [0.5, 0.6) is 11.5 Å². The number of anilines is 1. The van der Waals surface area contributed by atoms with Gasteiger partial charge in [-0.15, -0.1) is 0 Å². The van der Waals surface area contributed by atoms with Crippen molar-refractivity contribution in [2.24, 2.45) is 0 Å². The Hall–Kier alpha value is -2.21. The lowest BCUT2D eigenvalue weighted by atomic mass is 10.2. The minimum absolute atomic E-state index is 0.268. The van der Waals surface area contributed by atoms with E-state index < -0.39 is 10.0 Å². The van der Waals surface area contributed by atoms with Gasteiger partial charge in [-0.05, 0) is 36.8 Å². The van der Waals surface area contributed by atoms with E-state index in [4.69, 9.17) is 9.47 Å². The van der Waals surface area contributed by atoms with Crippen LogP contribution in [0.25, 0.3) is 0 Å². The molecule has 3 rings (SSSR count). The first kappa shape index (κ1) is 14.7. The van der Waals surface area contributed by atoms with Crippen molar-refractivity contribution >= 4 is 15.7 Å². The van der Waals surface area contributed by atoms with Crippen molar-refractivity contribution in [3.63, 3.8) is 0 Å². The predicted octanol–water partition coefficient (Wildman–Crippen LogP) is 2.59. The zero-order valence-electron chi connectivity index (χ0n) is 12.4. The normalized spacial score (nSPS) is 13.7. The topological polar surface area (TPSA) is 55.8 Å². The second-order valence-electron chi connectivity index (χ2n) is 5.12. The van der Waals surface area contributed by atoms with Gasteiger partial charge in [-0.1, -0.05) is 12.1 Å². The molecule has 116 valence electrons. The lowest BCUT2D eigenvalue weighted by Crippen LogP contribution is -2.27. The molecule has 2 aromatic carbocycles.